The molecule has 0 aliphatic carbocycles. The van der Waals surface area contributed by atoms with E-state index in [1.807, 2.05) is 0 Å². The summed E-state index contributed by atoms with van der Waals surface area (Å²) < 4.78 is 10.4. The topological polar surface area (TPSA) is 110 Å². The van der Waals surface area contributed by atoms with E-state index < -0.39 is 12.1 Å². The number of imide groups is 1. The molecule has 9 heteroatoms. The number of likely N-dealkylation sites (tertiary alicyclic amines) is 2. The maximum atomic E-state index is 12.6. The standard InChI is InChI=1S/C23H28N2O7/c1-3-31-22(29)18-10-12-24(13-11-18)21(28)15(2)32-23(30)17-6-4-16(5-7-17)14-25-19(26)8-9-20(25)27/h4-7,15,18H,3,8-14H2,1-2H3. The Morgan fingerprint density at radius 2 is 1.62 bits per heavy atom. The number of hydrogen-bond acceptors (Lipinski definition) is 7. The molecule has 0 radical (unpaired) electrons. The molecule has 2 aliphatic heterocycles. The highest BCUT2D eigenvalue weighted by molar-refractivity contribution is 6.01. The van der Waals surface area contributed by atoms with Crippen LogP contribution in [0.2, 0.25) is 0 Å². The Morgan fingerprint density at radius 3 is 2.19 bits per heavy atom. The lowest BCUT2D eigenvalue weighted by atomic mass is 9.97. The van der Waals surface area contributed by atoms with Crippen LogP contribution in [0.4, 0.5) is 0 Å². The predicted molar refractivity (Wildman–Crippen MR) is 112 cm³/mol. The Labute approximate surface area is 186 Å². The highest BCUT2D eigenvalue weighted by atomic mass is 16.5. The summed E-state index contributed by atoms with van der Waals surface area (Å²) in [6.45, 7) is 4.61. The number of carbonyl (C=O) groups is 5. The van der Waals surface area contributed by atoms with Gasteiger partial charge in [0, 0.05) is 25.9 Å². The summed E-state index contributed by atoms with van der Waals surface area (Å²) in [5.41, 5.74) is 0.993. The molecule has 3 amide bonds. The lowest BCUT2D eigenvalue weighted by Gasteiger charge is -2.32. The van der Waals surface area contributed by atoms with Gasteiger partial charge < -0.3 is 14.4 Å². The zero-order chi connectivity index (χ0) is 23.3. The van der Waals surface area contributed by atoms with Crippen molar-refractivity contribution < 1.29 is 33.4 Å². The Hall–Kier alpha value is -3.23. The lowest BCUT2D eigenvalue weighted by Crippen LogP contribution is -2.45. The SMILES string of the molecule is CCOC(=O)C1CCN(C(=O)C(C)OC(=O)c2ccc(CN3C(=O)CCC3=O)cc2)CC1. The van der Waals surface area contributed by atoms with Crippen molar-refractivity contribution in [3.05, 3.63) is 35.4 Å². The van der Waals surface area contributed by atoms with Gasteiger partial charge in [0.25, 0.3) is 5.91 Å². The van der Waals surface area contributed by atoms with Gasteiger partial charge in [-0.3, -0.25) is 24.1 Å². The van der Waals surface area contributed by atoms with E-state index in [0.29, 0.717) is 32.5 Å². The minimum Gasteiger partial charge on any atom is -0.466 e. The fourth-order valence-corrected chi connectivity index (χ4v) is 3.86. The van der Waals surface area contributed by atoms with Crippen molar-refractivity contribution in [1.82, 2.24) is 9.80 Å². The molecule has 172 valence electrons. The van der Waals surface area contributed by atoms with Crippen molar-refractivity contribution in [2.24, 2.45) is 5.92 Å². The van der Waals surface area contributed by atoms with Gasteiger partial charge in [0.15, 0.2) is 6.10 Å². The second-order valence-corrected chi connectivity index (χ2v) is 7.97. The van der Waals surface area contributed by atoms with Gasteiger partial charge in [-0.05, 0) is 44.4 Å². The Balaban J connectivity index is 1.49. The normalized spacial score (nSPS) is 17.9. The summed E-state index contributed by atoms with van der Waals surface area (Å²) in [5.74, 6) is -1.77. The zero-order valence-electron chi connectivity index (χ0n) is 18.4. The molecule has 1 unspecified atom stereocenters. The van der Waals surface area contributed by atoms with Crippen LogP contribution < -0.4 is 0 Å². The van der Waals surface area contributed by atoms with E-state index in [1.165, 1.54) is 11.8 Å². The average molecular weight is 444 g/mol. The molecule has 2 saturated heterocycles. The Bertz CT molecular complexity index is 872. The van der Waals surface area contributed by atoms with Crippen LogP contribution in [0.3, 0.4) is 0 Å². The van der Waals surface area contributed by atoms with Crippen LogP contribution in [0.25, 0.3) is 0 Å². The van der Waals surface area contributed by atoms with Crippen molar-refractivity contribution in [3.63, 3.8) is 0 Å². The number of benzene rings is 1. The van der Waals surface area contributed by atoms with E-state index in [2.05, 4.69) is 0 Å². The molecule has 1 aromatic rings. The number of esters is 2. The molecule has 0 bridgehead atoms. The van der Waals surface area contributed by atoms with Crippen LogP contribution in [-0.2, 0) is 35.2 Å². The number of amides is 3. The molecule has 0 saturated carbocycles. The van der Waals surface area contributed by atoms with E-state index >= 15 is 0 Å². The maximum absolute atomic E-state index is 12.6. The third-order valence-corrected chi connectivity index (χ3v) is 5.74. The fraction of sp³-hybridized carbons (Fsp3) is 0.522. The van der Waals surface area contributed by atoms with Gasteiger partial charge >= 0.3 is 11.9 Å². The first kappa shape index (κ1) is 23.4. The number of rotatable bonds is 7. The summed E-state index contributed by atoms with van der Waals surface area (Å²) in [7, 11) is 0. The highest BCUT2D eigenvalue weighted by Gasteiger charge is 2.32. The third kappa shape index (κ3) is 5.52. The van der Waals surface area contributed by atoms with Crippen LogP contribution in [0.1, 0.15) is 55.5 Å². The number of hydrogen-bond donors (Lipinski definition) is 0. The van der Waals surface area contributed by atoms with E-state index in [9.17, 15) is 24.0 Å². The number of piperidine rings is 1. The van der Waals surface area contributed by atoms with Crippen molar-refractivity contribution in [1.29, 1.82) is 0 Å². The molecular formula is C23H28N2O7. The summed E-state index contributed by atoms with van der Waals surface area (Å²) in [6.07, 6.45) is 0.551. The molecule has 2 heterocycles. The Morgan fingerprint density at radius 1 is 1.03 bits per heavy atom. The van der Waals surface area contributed by atoms with E-state index in [-0.39, 0.29) is 54.6 Å². The van der Waals surface area contributed by atoms with Crippen molar-refractivity contribution in [2.75, 3.05) is 19.7 Å². The average Bonchev–Trinajstić information content (AvgIpc) is 3.11. The second-order valence-electron chi connectivity index (χ2n) is 7.97. The summed E-state index contributed by atoms with van der Waals surface area (Å²) >= 11 is 0. The number of carbonyl (C=O) groups excluding carboxylic acids is 5. The molecule has 9 nitrogen and oxygen atoms in total. The summed E-state index contributed by atoms with van der Waals surface area (Å²) in [4.78, 5) is 63.2. The monoisotopic (exact) mass is 444 g/mol. The lowest BCUT2D eigenvalue weighted by molar-refractivity contribution is -0.152. The minimum atomic E-state index is -0.957. The predicted octanol–water partition coefficient (Wildman–Crippen LogP) is 1.68. The smallest absolute Gasteiger partial charge is 0.338 e. The first-order valence-electron chi connectivity index (χ1n) is 10.9. The van der Waals surface area contributed by atoms with Gasteiger partial charge in [0.1, 0.15) is 0 Å². The van der Waals surface area contributed by atoms with Crippen LogP contribution in [0, 0.1) is 5.92 Å². The largest absolute Gasteiger partial charge is 0.466 e. The van der Waals surface area contributed by atoms with Gasteiger partial charge in [0.05, 0.1) is 24.6 Å². The van der Waals surface area contributed by atoms with Gasteiger partial charge in [-0.15, -0.1) is 0 Å². The van der Waals surface area contributed by atoms with Crippen molar-refractivity contribution in [3.8, 4) is 0 Å². The molecule has 0 N–H and O–H groups in total. The summed E-state index contributed by atoms with van der Waals surface area (Å²) in [6, 6.07) is 6.40. The van der Waals surface area contributed by atoms with Crippen LogP contribution in [0.5, 0.6) is 0 Å². The van der Waals surface area contributed by atoms with Crippen LogP contribution in [-0.4, -0.2) is 65.3 Å². The second kappa shape index (κ2) is 10.4. The molecule has 32 heavy (non-hydrogen) atoms. The minimum absolute atomic E-state index is 0.170. The van der Waals surface area contributed by atoms with Gasteiger partial charge in [-0.25, -0.2) is 4.79 Å². The number of nitrogens with zero attached hydrogens (tertiary/aromatic N) is 2. The molecule has 1 aromatic carbocycles. The third-order valence-electron chi connectivity index (χ3n) is 5.74. The quantitative estimate of drug-likeness (QED) is 0.465. The molecular weight excluding hydrogens is 416 g/mol. The molecule has 0 spiro atoms. The van der Waals surface area contributed by atoms with Crippen LogP contribution >= 0.6 is 0 Å². The fourth-order valence-electron chi connectivity index (χ4n) is 3.86. The highest BCUT2D eigenvalue weighted by Crippen LogP contribution is 2.20. The van der Waals surface area contributed by atoms with Crippen molar-refractivity contribution in [2.45, 2.75) is 52.2 Å². The van der Waals surface area contributed by atoms with Gasteiger partial charge in [-0.2, -0.15) is 0 Å². The first-order chi connectivity index (χ1) is 15.3. The number of ether oxygens (including phenoxy) is 2. The summed E-state index contributed by atoms with van der Waals surface area (Å²) in [5, 5.41) is 0. The molecule has 2 fully saturated rings. The Kier molecular flexibility index (Phi) is 7.61. The zero-order valence-corrected chi connectivity index (χ0v) is 18.4. The van der Waals surface area contributed by atoms with Crippen molar-refractivity contribution >= 4 is 29.7 Å². The van der Waals surface area contributed by atoms with E-state index in [1.54, 1.807) is 36.1 Å². The van der Waals surface area contributed by atoms with Crippen LogP contribution in [0.15, 0.2) is 24.3 Å². The van der Waals surface area contributed by atoms with Gasteiger partial charge in [-0.1, -0.05) is 12.1 Å². The molecule has 0 aromatic heterocycles. The van der Waals surface area contributed by atoms with Gasteiger partial charge in [0.2, 0.25) is 11.8 Å². The van der Waals surface area contributed by atoms with E-state index in [0.717, 1.165) is 5.56 Å². The molecule has 3 rings (SSSR count). The molecule has 2 aliphatic rings. The van der Waals surface area contributed by atoms with E-state index in [4.69, 9.17) is 9.47 Å². The molecule has 1 atom stereocenters. The maximum Gasteiger partial charge on any atom is 0.338 e. The first-order valence-corrected chi connectivity index (χ1v) is 10.9.